The SMILES string of the molecule is C[As](C)CCc1ccccc1. The first-order valence-electron chi connectivity index (χ1n) is 3.97. The third-order valence-corrected chi connectivity index (χ3v) is 4.04. The zero-order chi connectivity index (χ0) is 8.10. The summed E-state index contributed by atoms with van der Waals surface area (Å²) in [6, 6.07) is 10.8. The average Bonchev–Trinajstić information content (AvgIpc) is 2.03. The standard InChI is InChI=1S/C10H15As/c1-11(2)9-8-10-6-4-3-5-7-10/h3-7H,8-9H2,1-2H3. The van der Waals surface area contributed by atoms with Gasteiger partial charge < -0.3 is 0 Å². The van der Waals surface area contributed by atoms with E-state index in [1.165, 1.54) is 17.2 Å². The summed E-state index contributed by atoms with van der Waals surface area (Å²) in [7, 11) is 0. The van der Waals surface area contributed by atoms with Gasteiger partial charge in [0.1, 0.15) is 0 Å². The molecule has 11 heavy (non-hydrogen) atoms. The number of hydrogen-bond donors (Lipinski definition) is 0. The first-order valence-corrected chi connectivity index (χ1v) is 9.05. The van der Waals surface area contributed by atoms with E-state index in [-0.39, 0.29) is 0 Å². The van der Waals surface area contributed by atoms with E-state index in [1.807, 2.05) is 0 Å². The van der Waals surface area contributed by atoms with Gasteiger partial charge in [-0.3, -0.25) is 0 Å². The fraction of sp³-hybridized carbons (Fsp3) is 0.400. The van der Waals surface area contributed by atoms with E-state index >= 15 is 0 Å². The topological polar surface area (TPSA) is 0 Å². The molecular weight excluding hydrogens is 195 g/mol. The van der Waals surface area contributed by atoms with Gasteiger partial charge in [-0.2, -0.15) is 0 Å². The van der Waals surface area contributed by atoms with Crippen molar-refractivity contribution in [3.8, 4) is 0 Å². The van der Waals surface area contributed by atoms with Crippen LogP contribution < -0.4 is 0 Å². The van der Waals surface area contributed by atoms with E-state index in [0.29, 0.717) is 0 Å². The van der Waals surface area contributed by atoms with Gasteiger partial charge in [0.05, 0.1) is 0 Å². The van der Waals surface area contributed by atoms with Gasteiger partial charge >= 0.3 is 73.6 Å². The van der Waals surface area contributed by atoms with Crippen molar-refractivity contribution in [2.45, 2.75) is 23.1 Å². The molecule has 0 aliphatic heterocycles. The zero-order valence-electron chi connectivity index (χ0n) is 7.25. The molecule has 0 atom stereocenters. The van der Waals surface area contributed by atoms with Crippen LogP contribution in [0.15, 0.2) is 30.3 Å². The Morgan fingerprint density at radius 2 is 1.73 bits per heavy atom. The van der Waals surface area contributed by atoms with E-state index in [0.717, 1.165) is 0 Å². The van der Waals surface area contributed by atoms with Gasteiger partial charge in [-0.15, -0.1) is 0 Å². The van der Waals surface area contributed by atoms with Crippen molar-refractivity contribution in [1.29, 1.82) is 0 Å². The first-order chi connectivity index (χ1) is 5.29. The molecule has 0 radical (unpaired) electrons. The second kappa shape index (κ2) is 4.61. The molecule has 1 aromatic rings. The van der Waals surface area contributed by atoms with Crippen molar-refractivity contribution in [1.82, 2.24) is 0 Å². The van der Waals surface area contributed by atoms with Crippen LogP contribution >= 0.6 is 0 Å². The number of aryl methyl sites for hydroxylation is 1. The molecule has 1 heteroatoms. The van der Waals surface area contributed by atoms with Crippen LogP contribution in [-0.2, 0) is 6.42 Å². The number of benzene rings is 1. The summed E-state index contributed by atoms with van der Waals surface area (Å²) >= 11 is -0.398. The van der Waals surface area contributed by atoms with Gasteiger partial charge in [0.2, 0.25) is 0 Å². The Balaban J connectivity index is 2.39. The van der Waals surface area contributed by atoms with Crippen molar-refractivity contribution in [2.75, 3.05) is 0 Å². The van der Waals surface area contributed by atoms with Crippen LogP contribution in [0.1, 0.15) is 5.56 Å². The van der Waals surface area contributed by atoms with Gasteiger partial charge in [-0.05, 0) is 0 Å². The van der Waals surface area contributed by atoms with Crippen LogP contribution in [0.2, 0.25) is 16.6 Å². The van der Waals surface area contributed by atoms with Crippen molar-refractivity contribution < 1.29 is 0 Å². The molecule has 60 valence electrons. The molecule has 0 heterocycles. The summed E-state index contributed by atoms with van der Waals surface area (Å²) in [5, 5.41) is 1.44. The van der Waals surface area contributed by atoms with Crippen LogP contribution in [-0.4, -0.2) is 14.7 Å². The molecule has 1 rings (SSSR count). The van der Waals surface area contributed by atoms with Crippen molar-refractivity contribution >= 4 is 14.7 Å². The predicted octanol–water partition coefficient (Wildman–Crippen LogP) is 2.98. The van der Waals surface area contributed by atoms with E-state index in [2.05, 4.69) is 41.8 Å². The second-order valence-electron chi connectivity index (χ2n) is 3.04. The quantitative estimate of drug-likeness (QED) is 0.673. The van der Waals surface area contributed by atoms with Gasteiger partial charge in [0, 0.05) is 0 Å². The summed E-state index contributed by atoms with van der Waals surface area (Å²) in [5.74, 6) is 0. The van der Waals surface area contributed by atoms with Crippen molar-refractivity contribution in [3.05, 3.63) is 35.9 Å². The van der Waals surface area contributed by atoms with Crippen LogP contribution in [0.25, 0.3) is 0 Å². The van der Waals surface area contributed by atoms with Gasteiger partial charge in [-0.1, -0.05) is 0 Å². The summed E-state index contributed by atoms with van der Waals surface area (Å²) < 4.78 is 0. The Labute approximate surface area is 73.9 Å². The molecule has 0 saturated heterocycles. The third-order valence-electron chi connectivity index (χ3n) is 1.69. The fourth-order valence-electron chi connectivity index (χ4n) is 0.997. The Morgan fingerprint density at radius 1 is 1.09 bits per heavy atom. The van der Waals surface area contributed by atoms with E-state index in [4.69, 9.17) is 0 Å². The third kappa shape index (κ3) is 3.62. The van der Waals surface area contributed by atoms with Crippen LogP contribution in [0.4, 0.5) is 0 Å². The number of rotatable bonds is 3. The fourth-order valence-corrected chi connectivity index (χ4v) is 2.48. The Kier molecular flexibility index (Phi) is 3.72. The first kappa shape index (κ1) is 8.87. The Morgan fingerprint density at radius 3 is 2.27 bits per heavy atom. The van der Waals surface area contributed by atoms with Gasteiger partial charge in [-0.25, -0.2) is 0 Å². The minimum atomic E-state index is -0.398. The van der Waals surface area contributed by atoms with Gasteiger partial charge in [0.25, 0.3) is 0 Å². The zero-order valence-corrected chi connectivity index (χ0v) is 9.12. The van der Waals surface area contributed by atoms with Gasteiger partial charge in [0.15, 0.2) is 0 Å². The Bertz CT molecular complexity index is 191. The van der Waals surface area contributed by atoms with Crippen LogP contribution in [0, 0.1) is 0 Å². The molecule has 0 N–H and O–H groups in total. The average molecular weight is 210 g/mol. The maximum absolute atomic E-state index is 2.41. The molecule has 0 saturated carbocycles. The summed E-state index contributed by atoms with van der Waals surface area (Å²) in [4.78, 5) is 0. The molecular formula is C10H15As. The van der Waals surface area contributed by atoms with E-state index < -0.39 is 14.7 Å². The molecule has 0 nitrogen and oxygen atoms in total. The van der Waals surface area contributed by atoms with Crippen LogP contribution in [0.3, 0.4) is 0 Å². The molecule has 0 spiro atoms. The summed E-state index contributed by atoms with van der Waals surface area (Å²) in [5.41, 5.74) is 6.32. The van der Waals surface area contributed by atoms with Crippen LogP contribution in [0.5, 0.6) is 0 Å². The molecule has 0 fully saturated rings. The maximum atomic E-state index is 2.41. The second-order valence-corrected chi connectivity index (χ2v) is 8.51. The predicted molar refractivity (Wildman–Crippen MR) is 52.4 cm³/mol. The number of hydrogen-bond acceptors (Lipinski definition) is 0. The normalized spacial score (nSPS) is 10.5. The molecule has 0 aromatic heterocycles. The molecule has 1 aromatic carbocycles. The van der Waals surface area contributed by atoms with Crippen molar-refractivity contribution in [3.63, 3.8) is 0 Å². The van der Waals surface area contributed by atoms with Crippen molar-refractivity contribution in [2.24, 2.45) is 0 Å². The molecule has 0 amide bonds. The molecule has 0 aliphatic rings. The summed E-state index contributed by atoms with van der Waals surface area (Å²) in [6.07, 6.45) is 1.29. The minimum absolute atomic E-state index is 0.398. The monoisotopic (exact) mass is 210 g/mol. The molecule has 0 bridgehead atoms. The Hall–Kier alpha value is -0.222. The molecule has 0 unspecified atom stereocenters. The van der Waals surface area contributed by atoms with E-state index in [1.54, 1.807) is 0 Å². The molecule has 0 aliphatic carbocycles. The van der Waals surface area contributed by atoms with E-state index in [9.17, 15) is 0 Å². The summed E-state index contributed by atoms with van der Waals surface area (Å²) in [6.45, 7) is 0.